The molecule has 13 heteroatoms. The second-order valence-electron chi connectivity index (χ2n) is 10.9. The van der Waals surface area contributed by atoms with Crippen LogP contribution in [0.3, 0.4) is 0 Å². The minimum absolute atomic E-state index is 0.0338. The monoisotopic (exact) mass is 541 g/mol. The van der Waals surface area contributed by atoms with Crippen molar-refractivity contribution in [1.82, 2.24) is 20.2 Å². The summed E-state index contributed by atoms with van der Waals surface area (Å²) in [5.74, 6) is 0.192. The summed E-state index contributed by atoms with van der Waals surface area (Å²) >= 11 is 0. The summed E-state index contributed by atoms with van der Waals surface area (Å²) in [5.41, 5.74) is 8.36. The number of carbonyl (C=O) groups is 1. The molecule has 3 saturated heterocycles. The van der Waals surface area contributed by atoms with E-state index in [1.807, 2.05) is 0 Å². The Bertz CT molecular complexity index is 1210. The zero-order valence-electron chi connectivity index (χ0n) is 22.5. The standard InChI is InChI=1S/C26H36FN9O3/c1-26(2)13-17(11-18-5-4-9-35(18)26)31-23-20(27)14-30-24(33-23)32-16-6-7-22(39-19-8-10-38-15-19)21(12-16)36(34-28)25(37)29-3/h6-7,12,14,17-19,28H,4-5,8-11,13,15H2,1-3H3,(H,29,37)(H2,30,31,32,33)/t17?,18?,19-/m1/s1. The van der Waals surface area contributed by atoms with Gasteiger partial charge in [-0.05, 0) is 64.3 Å². The van der Waals surface area contributed by atoms with E-state index in [1.165, 1.54) is 13.5 Å². The van der Waals surface area contributed by atoms with Crippen molar-refractivity contribution < 1.29 is 18.7 Å². The van der Waals surface area contributed by atoms with Crippen LogP contribution in [0.4, 0.5) is 32.3 Å². The normalized spacial score (nSPS) is 24.1. The zero-order chi connectivity index (χ0) is 27.6. The number of anilines is 4. The van der Waals surface area contributed by atoms with Crippen LogP contribution in [0, 0.1) is 11.3 Å². The minimum atomic E-state index is -0.601. The maximum Gasteiger partial charge on any atom is 0.343 e. The third-order valence-corrected chi connectivity index (χ3v) is 7.67. The number of hydrogen-bond acceptors (Lipinski definition) is 10. The van der Waals surface area contributed by atoms with Gasteiger partial charge in [0.25, 0.3) is 0 Å². The molecule has 1 aromatic heterocycles. The van der Waals surface area contributed by atoms with Crippen LogP contribution in [-0.2, 0) is 4.74 Å². The molecule has 3 fully saturated rings. The van der Waals surface area contributed by atoms with E-state index < -0.39 is 11.8 Å². The van der Waals surface area contributed by atoms with Crippen LogP contribution >= 0.6 is 0 Å². The number of nitrogens with zero attached hydrogens (tertiary/aromatic N) is 5. The van der Waals surface area contributed by atoms with Gasteiger partial charge >= 0.3 is 6.03 Å². The fourth-order valence-electron chi connectivity index (χ4n) is 5.93. The predicted octanol–water partition coefficient (Wildman–Crippen LogP) is 4.44. The number of ether oxygens (including phenoxy) is 2. The summed E-state index contributed by atoms with van der Waals surface area (Å²) in [7, 11) is 1.45. The number of nitrogens with one attached hydrogen (secondary N) is 4. The third-order valence-electron chi connectivity index (χ3n) is 7.67. The number of aromatic nitrogens is 2. The van der Waals surface area contributed by atoms with Gasteiger partial charge in [0.15, 0.2) is 11.6 Å². The summed E-state index contributed by atoms with van der Waals surface area (Å²) in [6.45, 7) is 6.65. The topological polar surface area (TPSA) is 140 Å². The second-order valence-corrected chi connectivity index (χ2v) is 10.9. The first-order valence-corrected chi connectivity index (χ1v) is 13.4. The van der Waals surface area contributed by atoms with Crippen molar-refractivity contribution in [2.75, 3.05) is 42.4 Å². The van der Waals surface area contributed by atoms with Gasteiger partial charge < -0.3 is 25.4 Å². The van der Waals surface area contributed by atoms with Crippen molar-refractivity contribution in [1.29, 1.82) is 5.53 Å². The molecular weight excluding hydrogens is 505 g/mol. The number of piperidine rings is 1. The lowest BCUT2D eigenvalue weighted by Crippen LogP contribution is -2.55. The highest BCUT2D eigenvalue weighted by atomic mass is 19.1. The molecule has 210 valence electrons. The molecular formula is C26H36FN9O3. The van der Waals surface area contributed by atoms with Crippen LogP contribution in [0.25, 0.3) is 0 Å². The number of hydrogen-bond donors (Lipinski definition) is 4. The Morgan fingerprint density at radius 2 is 2.21 bits per heavy atom. The number of urea groups is 1. The third kappa shape index (κ3) is 5.88. The first-order valence-electron chi connectivity index (χ1n) is 13.4. The SMILES string of the molecule is CNC(=O)N(N=N)c1cc(Nc2ncc(F)c(NC3CC4CCCN4C(C)(C)C3)n2)ccc1O[C@@H]1CCOC1. The van der Waals surface area contributed by atoms with Gasteiger partial charge in [-0.3, -0.25) is 4.90 Å². The summed E-state index contributed by atoms with van der Waals surface area (Å²) in [6, 6.07) is 5.01. The summed E-state index contributed by atoms with van der Waals surface area (Å²) in [4.78, 5) is 23.5. The Morgan fingerprint density at radius 1 is 1.36 bits per heavy atom. The summed E-state index contributed by atoms with van der Waals surface area (Å²) in [6.07, 6.45) is 5.87. The molecule has 4 heterocycles. The van der Waals surface area contributed by atoms with Crippen LogP contribution in [0.15, 0.2) is 29.6 Å². The number of benzene rings is 1. The maximum atomic E-state index is 14.8. The van der Waals surface area contributed by atoms with Gasteiger partial charge in [0.2, 0.25) is 5.95 Å². The van der Waals surface area contributed by atoms with Crippen molar-refractivity contribution in [3.8, 4) is 5.75 Å². The van der Waals surface area contributed by atoms with Gasteiger partial charge in [0, 0.05) is 36.8 Å². The number of halogens is 1. The molecule has 3 aliphatic heterocycles. The highest BCUT2D eigenvalue weighted by Crippen LogP contribution is 2.39. The molecule has 3 aliphatic rings. The minimum Gasteiger partial charge on any atom is -0.486 e. The fraction of sp³-hybridized carbons (Fsp3) is 0.577. The molecule has 0 radical (unpaired) electrons. The van der Waals surface area contributed by atoms with Crippen LogP contribution in [0.5, 0.6) is 5.75 Å². The smallest absolute Gasteiger partial charge is 0.343 e. The van der Waals surface area contributed by atoms with E-state index >= 15 is 0 Å². The van der Waals surface area contributed by atoms with Crippen LogP contribution in [0.1, 0.15) is 46.0 Å². The molecule has 4 N–H and O–H groups in total. The van der Waals surface area contributed by atoms with E-state index in [2.05, 4.69) is 49.9 Å². The largest absolute Gasteiger partial charge is 0.486 e. The Morgan fingerprint density at radius 3 is 2.95 bits per heavy atom. The molecule has 3 atom stereocenters. The van der Waals surface area contributed by atoms with Gasteiger partial charge in [-0.1, -0.05) is 5.22 Å². The molecule has 12 nitrogen and oxygen atoms in total. The average Bonchev–Trinajstić information content (AvgIpc) is 3.60. The van der Waals surface area contributed by atoms with Gasteiger partial charge in [-0.15, -0.1) is 0 Å². The van der Waals surface area contributed by atoms with Gasteiger partial charge in [0.05, 0.1) is 19.4 Å². The quantitative estimate of drug-likeness (QED) is 0.284. The lowest BCUT2D eigenvalue weighted by molar-refractivity contribution is 0.0500. The van der Waals surface area contributed by atoms with Crippen molar-refractivity contribution in [3.63, 3.8) is 0 Å². The van der Waals surface area contributed by atoms with E-state index in [0.717, 1.165) is 37.0 Å². The molecule has 0 aliphatic carbocycles. The number of carbonyl (C=O) groups excluding carboxylic acids is 1. The summed E-state index contributed by atoms with van der Waals surface area (Å²) in [5, 5.41) is 13.2. The molecule has 1 aromatic carbocycles. The van der Waals surface area contributed by atoms with E-state index in [0.29, 0.717) is 37.1 Å². The zero-order valence-corrected chi connectivity index (χ0v) is 22.5. The van der Waals surface area contributed by atoms with Crippen molar-refractivity contribution >= 4 is 29.2 Å². The Hall–Kier alpha value is -3.58. The average molecular weight is 542 g/mol. The van der Waals surface area contributed by atoms with Gasteiger partial charge in [0.1, 0.15) is 17.5 Å². The fourth-order valence-corrected chi connectivity index (χ4v) is 5.93. The molecule has 2 aromatic rings. The molecule has 0 spiro atoms. The van der Waals surface area contributed by atoms with Crippen LogP contribution in [-0.4, -0.2) is 71.4 Å². The Labute approximate surface area is 227 Å². The first kappa shape index (κ1) is 27.0. The Kier molecular flexibility index (Phi) is 7.80. The van der Waals surface area contributed by atoms with Crippen molar-refractivity contribution in [2.45, 2.75) is 69.7 Å². The number of rotatable bonds is 8. The maximum absolute atomic E-state index is 14.8. The number of amides is 2. The Balaban J connectivity index is 1.36. The molecule has 0 saturated carbocycles. The first-order chi connectivity index (χ1) is 18.8. The molecule has 2 amide bonds. The second kappa shape index (κ2) is 11.3. The highest BCUT2D eigenvalue weighted by Gasteiger charge is 2.43. The lowest BCUT2D eigenvalue weighted by Gasteiger charge is -2.47. The molecule has 0 bridgehead atoms. The number of fused-ring (bicyclic) bond motifs is 1. The highest BCUT2D eigenvalue weighted by molar-refractivity contribution is 5.93. The van der Waals surface area contributed by atoms with E-state index in [9.17, 15) is 9.18 Å². The van der Waals surface area contributed by atoms with E-state index in [4.69, 9.17) is 15.0 Å². The molecule has 39 heavy (non-hydrogen) atoms. The predicted molar refractivity (Wildman–Crippen MR) is 144 cm³/mol. The van der Waals surface area contributed by atoms with Crippen molar-refractivity contribution in [3.05, 3.63) is 30.2 Å². The van der Waals surface area contributed by atoms with Gasteiger partial charge in [-0.2, -0.15) is 15.5 Å². The van der Waals surface area contributed by atoms with Crippen LogP contribution < -0.4 is 25.7 Å². The van der Waals surface area contributed by atoms with E-state index in [1.54, 1.807) is 18.2 Å². The van der Waals surface area contributed by atoms with Crippen molar-refractivity contribution in [2.24, 2.45) is 5.22 Å². The van der Waals surface area contributed by atoms with Crippen LogP contribution in [0.2, 0.25) is 0 Å². The molecule has 5 rings (SSSR count). The van der Waals surface area contributed by atoms with Gasteiger partial charge in [-0.25, -0.2) is 14.2 Å². The molecule has 2 unspecified atom stereocenters. The lowest BCUT2D eigenvalue weighted by atomic mass is 9.84. The summed E-state index contributed by atoms with van der Waals surface area (Å²) < 4.78 is 26.2. The van der Waals surface area contributed by atoms with E-state index in [-0.39, 0.29) is 35.1 Å².